The Morgan fingerprint density at radius 1 is 1.40 bits per heavy atom. The Balaban J connectivity index is 2.02. The fourth-order valence-electron chi connectivity index (χ4n) is 2.41. The summed E-state index contributed by atoms with van der Waals surface area (Å²) >= 11 is 1.36. The van der Waals surface area contributed by atoms with E-state index in [0.29, 0.717) is 22.3 Å². The molecule has 128 valence electrons. The number of thioether (sulfide) groups is 1. The molecule has 3 aromatic rings. The van der Waals surface area contributed by atoms with Gasteiger partial charge in [-0.3, -0.25) is 9.98 Å². The van der Waals surface area contributed by atoms with Crippen LogP contribution < -0.4 is 11.4 Å². The third-order valence-corrected chi connectivity index (χ3v) is 4.47. The molecule has 0 bridgehead atoms. The van der Waals surface area contributed by atoms with Crippen LogP contribution in [-0.4, -0.2) is 38.6 Å². The van der Waals surface area contributed by atoms with Gasteiger partial charge in [0.15, 0.2) is 10.8 Å². The number of hydrogen-bond donors (Lipinski definition) is 2. The molecule has 0 aliphatic heterocycles. The molecular weight excluding hydrogens is 336 g/mol. The summed E-state index contributed by atoms with van der Waals surface area (Å²) in [7, 11) is 1.68. The van der Waals surface area contributed by atoms with Crippen LogP contribution in [0.25, 0.3) is 16.8 Å². The number of rotatable bonds is 5. The molecule has 25 heavy (non-hydrogen) atoms. The van der Waals surface area contributed by atoms with Crippen molar-refractivity contribution >= 4 is 23.6 Å². The molecular formula is C17H18N6OS. The first-order chi connectivity index (χ1) is 12.1. The van der Waals surface area contributed by atoms with Gasteiger partial charge in [0.25, 0.3) is 0 Å². The van der Waals surface area contributed by atoms with Crippen molar-refractivity contribution in [2.24, 2.45) is 10.7 Å². The fraction of sp³-hybridized carbons (Fsp3) is 0.176. The molecule has 2 aromatic heterocycles. The van der Waals surface area contributed by atoms with Crippen LogP contribution in [0, 0.1) is 6.92 Å². The van der Waals surface area contributed by atoms with Crippen molar-refractivity contribution in [1.29, 1.82) is 0 Å². The molecule has 0 amide bonds. The molecule has 1 aromatic carbocycles. The van der Waals surface area contributed by atoms with Crippen LogP contribution in [0.3, 0.4) is 0 Å². The van der Waals surface area contributed by atoms with Gasteiger partial charge in [-0.15, -0.1) is 0 Å². The summed E-state index contributed by atoms with van der Waals surface area (Å²) in [6, 6.07) is 9.79. The topological polar surface area (TPSA) is 101 Å². The van der Waals surface area contributed by atoms with E-state index in [1.165, 1.54) is 16.3 Å². The number of nitrogens with zero attached hydrogens (tertiary/aromatic N) is 4. The van der Waals surface area contributed by atoms with E-state index in [0.717, 1.165) is 16.8 Å². The van der Waals surface area contributed by atoms with E-state index in [1.54, 1.807) is 19.3 Å². The first kappa shape index (κ1) is 17.0. The molecule has 3 rings (SSSR count). The van der Waals surface area contributed by atoms with Crippen LogP contribution >= 0.6 is 11.8 Å². The summed E-state index contributed by atoms with van der Waals surface area (Å²) in [5.41, 5.74) is 9.34. The number of benzene rings is 1. The Kier molecular flexibility index (Phi) is 4.99. The van der Waals surface area contributed by atoms with Gasteiger partial charge in [0.05, 0.1) is 5.69 Å². The quantitative estimate of drug-likeness (QED) is 0.539. The summed E-state index contributed by atoms with van der Waals surface area (Å²) in [6.45, 7) is 1.87. The first-order valence-corrected chi connectivity index (χ1v) is 8.63. The predicted octanol–water partition coefficient (Wildman–Crippen LogP) is 2.03. The van der Waals surface area contributed by atoms with Gasteiger partial charge < -0.3 is 5.73 Å². The van der Waals surface area contributed by atoms with Crippen LogP contribution in [0.15, 0.2) is 57.0 Å². The Labute approximate surface area is 148 Å². The molecule has 0 aliphatic rings. The zero-order valence-electron chi connectivity index (χ0n) is 13.9. The van der Waals surface area contributed by atoms with Crippen LogP contribution in [0.1, 0.15) is 5.69 Å². The molecule has 0 saturated heterocycles. The number of aliphatic imine (C=N–C) groups is 1. The first-order valence-electron chi connectivity index (χ1n) is 7.65. The largest absolute Gasteiger partial charge is 0.401 e. The molecule has 7 nitrogen and oxygen atoms in total. The lowest BCUT2D eigenvalue weighted by Crippen LogP contribution is -2.19. The predicted molar refractivity (Wildman–Crippen MR) is 101 cm³/mol. The SMILES string of the molecule is CN=CC=C(N)CSc1nc2c(-c3ccccc3)c(C)nn2c(=O)[nH]1. The summed E-state index contributed by atoms with van der Waals surface area (Å²) in [4.78, 5) is 23.5. The number of fused-ring (bicyclic) bond motifs is 1. The van der Waals surface area contributed by atoms with Crippen LogP contribution in [-0.2, 0) is 0 Å². The lowest BCUT2D eigenvalue weighted by molar-refractivity contribution is 0.780. The highest BCUT2D eigenvalue weighted by Gasteiger charge is 2.16. The van der Waals surface area contributed by atoms with Crippen molar-refractivity contribution in [3.63, 3.8) is 0 Å². The number of aromatic nitrogens is 4. The van der Waals surface area contributed by atoms with Gasteiger partial charge in [-0.25, -0.2) is 9.78 Å². The van der Waals surface area contributed by atoms with Crippen molar-refractivity contribution in [2.75, 3.05) is 12.8 Å². The molecule has 0 aliphatic carbocycles. The molecule has 8 heteroatoms. The number of allylic oxidation sites excluding steroid dienone is 1. The summed E-state index contributed by atoms with van der Waals surface area (Å²) in [5, 5.41) is 4.81. The van der Waals surface area contributed by atoms with Gasteiger partial charge >= 0.3 is 5.69 Å². The number of nitrogens with two attached hydrogens (primary N) is 1. The minimum atomic E-state index is -0.324. The number of aromatic amines is 1. The van der Waals surface area contributed by atoms with Crippen molar-refractivity contribution < 1.29 is 0 Å². The van der Waals surface area contributed by atoms with E-state index in [-0.39, 0.29) is 5.69 Å². The highest BCUT2D eigenvalue weighted by molar-refractivity contribution is 7.99. The normalized spacial score (nSPS) is 12.3. The minimum Gasteiger partial charge on any atom is -0.401 e. The lowest BCUT2D eigenvalue weighted by atomic mass is 10.1. The van der Waals surface area contributed by atoms with Crippen LogP contribution in [0.5, 0.6) is 0 Å². The number of hydrogen-bond acceptors (Lipinski definition) is 6. The maximum absolute atomic E-state index is 12.3. The average Bonchev–Trinajstić information content (AvgIpc) is 2.95. The fourth-order valence-corrected chi connectivity index (χ4v) is 3.12. The van der Waals surface area contributed by atoms with Crippen molar-refractivity contribution in [1.82, 2.24) is 19.6 Å². The van der Waals surface area contributed by atoms with E-state index in [2.05, 4.69) is 20.1 Å². The zero-order chi connectivity index (χ0) is 17.8. The zero-order valence-corrected chi connectivity index (χ0v) is 14.7. The molecule has 0 spiro atoms. The minimum absolute atomic E-state index is 0.324. The van der Waals surface area contributed by atoms with Crippen LogP contribution in [0.2, 0.25) is 0 Å². The Morgan fingerprint density at radius 3 is 2.88 bits per heavy atom. The monoisotopic (exact) mass is 354 g/mol. The van der Waals surface area contributed by atoms with Gasteiger partial charge in [-0.1, -0.05) is 42.1 Å². The Morgan fingerprint density at radius 2 is 2.16 bits per heavy atom. The van der Waals surface area contributed by atoms with Gasteiger partial charge in [-0.05, 0) is 18.6 Å². The molecule has 3 N–H and O–H groups in total. The standard InChI is InChI=1S/C17H18N6OS/c1-11-14(12-6-4-3-5-7-12)15-20-16(21-17(24)23(15)22-11)25-10-13(18)8-9-19-2/h3-9H,10,18H2,1-2H3,(H,20,21,24). The number of aryl methyl sites for hydroxylation is 1. The smallest absolute Gasteiger partial charge is 0.350 e. The van der Waals surface area contributed by atoms with E-state index < -0.39 is 0 Å². The highest BCUT2D eigenvalue weighted by Crippen LogP contribution is 2.27. The second kappa shape index (κ2) is 7.35. The van der Waals surface area contributed by atoms with E-state index in [9.17, 15) is 4.79 Å². The van der Waals surface area contributed by atoms with Gasteiger partial charge in [-0.2, -0.15) is 9.61 Å². The lowest BCUT2D eigenvalue weighted by Gasteiger charge is -2.03. The van der Waals surface area contributed by atoms with Crippen molar-refractivity contribution in [2.45, 2.75) is 12.1 Å². The average molecular weight is 354 g/mol. The molecule has 2 heterocycles. The highest BCUT2D eigenvalue weighted by atomic mass is 32.2. The second-order valence-corrected chi connectivity index (χ2v) is 6.31. The molecule has 0 fully saturated rings. The van der Waals surface area contributed by atoms with Gasteiger partial charge in [0, 0.05) is 30.3 Å². The summed E-state index contributed by atoms with van der Waals surface area (Å²) in [6.07, 6.45) is 3.35. The molecule has 0 radical (unpaired) electrons. The van der Waals surface area contributed by atoms with Crippen molar-refractivity contribution in [3.05, 3.63) is 58.3 Å². The number of nitrogens with one attached hydrogen (secondary N) is 1. The van der Waals surface area contributed by atoms with E-state index in [1.807, 2.05) is 37.3 Å². The van der Waals surface area contributed by atoms with Gasteiger partial charge in [0.1, 0.15) is 0 Å². The molecule has 0 saturated carbocycles. The second-order valence-electron chi connectivity index (χ2n) is 5.35. The van der Waals surface area contributed by atoms with Crippen LogP contribution in [0.4, 0.5) is 0 Å². The van der Waals surface area contributed by atoms with E-state index in [4.69, 9.17) is 5.73 Å². The van der Waals surface area contributed by atoms with Gasteiger partial charge in [0.2, 0.25) is 0 Å². The summed E-state index contributed by atoms with van der Waals surface area (Å²) in [5.74, 6) is 0.499. The Bertz CT molecular complexity index is 1000. The summed E-state index contributed by atoms with van der Waals surface area (Å²) < 4.78 is 1.30. The Hall–Kier alpha value is -2.87. The molecule has 0 unspecified atom stereocenters. The third-order valence-electron chi connectivity index (χ3n) is 3.53. The van der Waals surface area contributed by atoms with E-state index >= 15 is 0 Å². The number of H-pyrrole nitrogens is 1. The molecule has 0 atom stereocenters. The maximum Gasteiger partial charge on any atom is 0.350 e. The third kappa shape index (κ3) is 3.63. The van der Waals surface area contributed by atoms with Crippen molar-refractivity contribution in [3.8, 4) is 11.1 Å². The maximum atomic E-state index is 12.3.